The van der Waals surface area contributed by atoms with Gasteiger partial charge in [-0.1, -0.05) is 0 Å². The predicted molar refractivity (Wildman–Crippen MR) is 21.1 cm³/mol. The van der Waals surface area contributed by atoms with E-state index in [0.29, 0.717) is 0 Å². The molecule has 0 bridgehead atoms. The second kappa shape index (κ2) is 2.97. The summed E-state index contributed by atoms with van der Waals surface area (Å²) < 4.78 is 3.97. The molecular formula is C3H4N2O2. The van der Waals surface area contributed by atoms with Crippen molar-refractivity contribution in [1.29, 1.82) is 5.26 Å². The number of nitriles is 1. The Labute approximate surface area is 40.5 Å². The number of carbonyl (C=O) groups is 1. The Balaban J connectivity index is 3.02. The van der Waals surface area contributed by atoms with Gasteiger partial charge in [-0.15, -0.1) is 0 Å². The van der Waals surface area contributed by atoms with Crippen LogP contribution in [0.2, 0.25) is 0 Å². The minimum Gasteiger partial charge on any atom is -0.434 e. The lowest BCUT2D eigenvalue weighted by Crippen LogP contribution is -2.12. The number of rotatable bonds is 1. The Morgan fingerprint density at radius 3 is 2.71 bits per heavy atom. The highest BCUT2D eigenvalue weighted by molar-refractivity contribution is 5.64. The fourth-order valence-electron chi connectivity index (χ4n) is 0.103. The van der Waals surface area contributed by atoms with Gasteiger partial charge in [0.2, 0.25) is 0 Å². The van der Waals surface area contributed by atoms with E-state index < -0.39 is 6.09 Å². The normalized spacial score (nSPS) is 6.71. The molecule has 0 aliphatic heterocycles. The highest BCUT2D eigenvalue weighted by atomic mass is 16.5. The summed E-state index contributed by atoms with van der Waals surface area (Å²) in [6, 6.07) is 1.58. The molecule has 0 aromatic carbocycles. The summed E-state index contributed by atoms with van der Waals surface area (Å²) >= 11 is 0. The Bertz CT molecular complexity index is 104. The van der Waals surface area contributed by atoms with Crippen molar-refractivity contribution in [3.63, 3.8) is 0 Å². The van der Waals surface area contributed by atoms with Crippen LogP contribution in [0.1, 0.15) is 0 Å². The van der Waals surface area contributed by atoms with Crippen molar-refractivity contribution in [2.75, 3.05) is 6.61 Å². The van der Waals surface area contributed by atoms with Crippen molar-refractivity contribution in [3.8, 4) is 6.07 Å². The molecule has 38 valence electrons. The maximum atomic E-state index is 9.61. The van der Waals surface area contributed by atoms with Gasteiger partial charge in [-0.05, 0) is 0 Å². The molecule has 0 saturated carbocycles. The summed E-state index contributed by atoms with van der Waals surface area (Å²) in [5.74, 6) is 0. The van der Waals surface area contributed by atoms with Gasteiger partial charge < -0.3 is 10.5 Å². The first kappa shape index (κ1) is 5.76. The zero-order valence-electron chi connectivity index (χ0n) is 3.55. The summed E-state index contributed by atoms with van der Waals surface area (Å²) in [4.78, 5) is 9.61. The zero-order valence-corrected chi connectivity index (χ0v) is 3.55. The second-order valence-electron chi connectivity index (χ2n) is 0.766. The van der Waals surface area contributed by atoms with Crippen LogP contribution in [0.4, 0.5) is 4.79 Å². The minimum absolute atomic E-state index is 0.269. The summed E-state index contributed by atoms with van der Waals surface area (Å²) in [6.07, 6.45) is -0.915. The summed E-state index contributed by atoms with van der Waals surface area (Å²) in [5.41, 5.74) is 4.47. The second-order valence-corrected chi connectivity index (χ2v) is 0.766. The van der Waals surface area contributed by atoms with Gasteiger partial charge in [0.1, 0.15) is 6.07 Å². The molecule has 0 rings (SSSR count). The molecule has 0 aliphatic rings. The third-order valence-corrected chi connectivity index (χ3v) is 0.279. The Kier molecular flexibility index (Phi) is 2.44. The molecule has 7 heavy (non-hydrogen) atoms. The lowest BCUT2D eigenvalue weighted by atomic mass is 10.8. The van der Waals surface area contributed by atoms with Gasteiger partial charge >= 0.3 is 6.09 Å². The van der Waals surface area contributed by atoms with E-state index in [4.69, 9.17) is 5.26 Å². The third-order valence-electron chi connectivity index (χ3n) is 0.279. The smallest absolute Gasteiger partial charge is 0.405 e. The molecule has 0 atom stereocenters. The molecule has 0 radical (unpaired) electrons. The van der Waals surface area contributed by atoms with E-state index in [0.717, 1.165) is 0 Å². The van der Waals surface area contributed by atoms with Gasteiger partial charge in [-0.2, -0.15) is 5.26 Å². The van der Waals surface area contributed by atoms with Crippen LogP contribution in [0, 0.1) is 11.3 Å². The highest BCUT2D eigenvalue weighted by Crippen LogP contribution is 1.66. The largest absolute Gasteiger partial charge is 0.434 e. The molecule has 0 heterocycles. The van der Waals surface area contributed by atoms with Gasteiger partial charge in [-0.3, -0.25) is 0 Å². The molecule has 0 saturated heterocycles. The monoisotopic (exact) mass is 100 g/mol. The zero-order chi connectivity index (χ0) is 5.70. The molecule has 0 spiro atoms. The topological polar surface area (TPSA) is 76.1 Å². The van der Waals surface area contributed by atoms with Crippen LogP contribution >= 0.6 is 0 Å². The highest BCUT2D eigenvalue weighted by Gasteiger charge is 1.86. The molecule has 4 nitrogen and oxygen atoms in total. The van der Waals surface area contributed by atoms with Crippen LogP contribution in [0.25, 0.3) is 0 Å². The van der Waals surface area contributed by atoms with Crippen LogP contribution in [0.5, 0.6) is 0 Å². The Hall–Kier alpha value is -1.24. The molecule has 0 aliphatic carbocycles. The average molecular weight is 100 g/mol. The number of amides is 1. The first-order valence-electron chi connectivity index (χ1n) is 1.56. The van der Waals surface area contributed by atoms with E-state index >= 15 is 0 Å². The quantitative estimate of drug-likeness (QED) is 0.487. The van der Waals surface area contributed by atoms with E-state index in [9.17, 15) is 4.79 Å². The molecule has 0 fully saturated rings. The third kappa shape index (κ3) is 4.76. The van der Waals surface area contributed by atoms with Crippen molar-refractivity contribution in [1.82, 2.24) is 0 Å². The van der Waals surface area contributed by atoms with E-state index in [-0.39, 0.29) is 6.61 Å². The Morgan fingerprint density at radius 2 is 2.57 bits per heavy atom. The van der Waals surface area contributed by atoms with E-state index in [1.807, 2.05) is 0 Å². The fourth-order valence-corrected chi connectivity index (χ4v) is 0.103. The summed E-state index contributed by atoms with van der Waals surface area (Å²) in [6.45, 7) is -0.269. The minimum atomic E-state index is -0.915. The maximum Gasteiger partial charge on any atom is 0.405 e. The van der Waals surface area contributed by atoms with Crippen LogP contribution in [0.3, 0.4) is 0 Å². The molecule has 1 amide bonds. The van der Waals surface area contributed by atoms with E-state index in [1.54, 1.807) is 6.07 Å². The SMILES string of the molecule is N#CCOC(N)=O. The first-order chi connectivity index (χ1) is 3.27. The number of primary amides is 1. The Morgan fingerprint density at radius 1 is 2.00 bits per heavy atom. The number of ether oxygens (including phenoxy) is 1. The lowest BCUT2D eigenvalue weighted by molar-refractivity contribution is 0.170. The van der Waals surface area contributed by atoms with Crippen molar-refractivity contribution < 1.29 is 9.53 Å². The first-order valence-corrected chi connectivity index (χ1v) is 1.56. The van der Waals surface area contributed by atoms with E-state index in [2.05, 4.69) is 10.5 Å². The number of carbonyl (C=O) groups excluding carboxylic acids is 1. The van der Waals surface area contributed by atoms with Crippen molar-refractivity contribution in [2.45, 2.75) is 0 Å². The van der Waals surface area contributed by atoms with Gasteiger partial charge in [0.25, 0.3) is 0 Å². The van der Waals surface area contributed by atoms with Crippen molar-refractivity contribution in [3.05, 3.63) is 0 Å². The van der Waals surface area contributed by atoms with Crippen molar-refractivity contribution in [2.24, 2.45) is 5.73 Å². The van der Waals surface area contributed by atoms with Crippen LogP contribution in [-0.4, -0.2) is 12.7 Å². The van der Waals surface area contributed by atoms with Gasteiger partial charge in [-0.25, -0.2) is 4.79 Å². The lowest BCUT2D eigenvalue weighted by Gasteiger charge is -1.87. The van der Waals surface area contributed by atoms with Crippen LogP contribution < -0.4 is 5.73 Å². The van der Waals surface area contributed by atoms with Gasteiger partial charge in [0.15, 0.2) is 6.61 Å². The van der Waals surface area contributed by atoms with Gasteiger partial charge in [0, 0.05) is 0 Å². The number of hydrogen-bond donors (Lipinski definition) is 1. The van der Waals surface area contributed by atoms with Crippen molar-refractivity contribution >= 4 is 6.09 Å². The molecule has 0 aromatic rings. The maximum absolute atomic E-state index is 9.61. The van der Waals surface area contributed by atoms with E-state index in [1.165, 1.54) is 0 Å². The fraction of sp³-hybridized carbons (Fsp3) is 0.333. The van der Waals surface area contributed by atoms with Crippen LogP contribution in [0.15, 0.2) is 0 Å². The molecule has 0 aromatic heterocycles. The predicted octanol–water partition coefficient (Wildman–Crippen LogP) is -0.395. The molecule has 2 N–H and O–H groups in total. The van der Waals surface area contributed by atoms with Gasteiger partial charge in [0.05, 0.1) is 0 Å². The number of nitrogens with two attached hydrogens (primary N) is 1. The number of hydrogen-bond acceptors (Lipinski definition) is 3. The molecular weight excluding hydrogens is 96.0 g/mol. The molecule has 0 unspecified atom stereocenters. The standard InChI is InChI=1S/C3H4N2O2/c4-1-2-7-3(5)6/h2H2,(H2,5,6). The summed E-state index contributed by atoms with van der Waals surface area (Å²) in [7, 11) is 0. The number of nitrogens with zero attached hydrogens (tertiary/aromatic N) is 1. The van der Waals surface area contributed by atoms with Crippen LogP contribution in [-0.2, 0) is 4.74 Å². The average Bonchev–Trinajstić information content (AvgIpc) is 1.61. The summed E-state index contributed by atoms with van der Waals surface area (Å²) in [5, 5.41) is 7.73. The molecule has 4 heteroatoms.